The number of aliphatic hydroxyl groups excluding tert-OH is 1. The average Bonchev–Trinajstić information content (AvgIpc) is 2.85. The Morgan fingerprint density at radius 1 is 1.22 bits per heavy atom. The van der Waals surface area contributed by atoms with E-state index < -0.39 is 12.2 Å². The molecule has 0 saturated carbocycles. The molecule has 2 heterocycles. The average molecular weight is 523 g/mol. The van der Waals surface area contributed by atoms with Crippen LogP contribution in [0.15, 0.2) is 36.0 Å². The second-order valence-electron chi connectivity index (χ2n) is 10.5. The minimum atomic E-state index is -0.521. The Hall–Kier alpha value is -2.20. The zero-order chi connectivity index (χ0) is 27.3. The van der Waals surface area contributed by atoms with Crippen molar-refractivity contribution in [2.45, 2.75) is 96.9 Å². The first-order valence-electron chi connectivity index (χ1n) is 13.4. The number of rotatable bonds is 12. The molecule has 2 saturated heterocycles. The van der Waals surface area contributed by atoms with E-state index in [9.17, 15) is 14.7 Å². The molecule has 0 unspecified atom stereocenters. The van der Waals surface area contributed by atoms with Gasteiger partial charge in [0.05, 0.1) is 31.0 Å². The SMILES string of the molecule is CCCCNC(=O)O[C@@H](C)/C=C\C(=O)NC1COC(C/C=C(C)/C=C/[C@@H]2C[C@H](CO)CC(C)(C)O2)OC1. The first-order chi connectivity index (χ1) is 17.6. The van der Waals surface area contributed by atoms with Gasteiger partial charge < -0.3 is 34.7 Å². The lowest BCUT2D eigenvalue weighted by atomic mass is 9.86. The number of ether oxygens (including phenoxy) is 4. The number of aliphatic hydroxyl groups is 1. The third-order valence-corrected chi connectivity index (χ3v) is 6.20. The van der Waals surface area contributed by atoms with Crippen molar-refractivity contribution < 1.29 is 33.6 Å². The molecule has 2 aliphatic rings. The zero-order valence-corrected chi connectivity index (χ0v) is 23.0. The number of carbonyl (C=O) groups is 2. The molecular weight excluding hydrogens is 476 g/mol. The lowest BCUT2D eigenvalue weighted by Crippen LogP contribution is -2.46. The molecule has 0 spiro atoms. The summed E-state index contributed by atoms with van der Waals surface area (Å²) < 4.78 is 22.8. The van der Waals surface area contributed by atoms with Crippen molar-refractivity contribution >= 4 is 12.0 Å². The van der Waals surface area contributed by atoms with E-state index in [4.69, 9.17) is 18.9 Å². The molecular formula is C28H46N2O7. The summed E-state index contributed by atoms with van der Waals surface area (Å²) in [6.45, 7) is 11.3. The van der Waals surface area contributed by atoms with Crippen LogP contribution in [0, 0.1) is 5.92 Å². The Bertz CT molecular complexity index is 800. The number of hydrogen-bond donors (Lipinski definition) is 3. The number of unbranched alkanes of at least 4 members (excludes halogenated alkanes) is 1. The highest BCUT2D eigenvalue weighted by atomic mass is 16.7. The Morgan fingerprint density at radius 2 is 1.95 bits per heavy atom. The molecule has 0 bridgehead atoms. The monoisotopic (exact) mass is 522 g/mol. The van der Waals surface area contributed by atoms with Crippen LogP contribution in [-0.4, -0.2) is 73.6 Å². The molecule has 3 atom stereocenters. The molecule has 0 aromatic heterocycles. The Morgan fingerprint density at radius 3 is 2.62 bits per heavy atom. The smallest absolute Gasteiger partial charge is 0.407 e. The fraction of sp³-hybridized carbons (Fsp3) is 0.714. The minimum absolute atomic E-state index is 0.0117. The van der Waals surface area contributed by atoms with Crippen molar-refractivity contribution in [3.05, 3.63) is 36.0 Å². The molecule has 37 heavy (non-hydrogen) atoms. The lowest BCUT2D eigenvalue weighted by Gasteiger charge is -2.39. The van der Waals surface area contributed by atoms with Crippen LogP contribution in [0.4, 0.5) is 4.79 Å². The second kappa shape index (κ2) is 15.9. The molecule has 2 aliphatic heterocycles. The van der Waals surface area contributed by atoms with Crippen molar-refractivity contribution in [1.82, 2.24) is 10.6 Å². The second-order valence-corrected chi connectivity index (χ2v) is 10.5. The molecule has 210 valence electrons. The van der Waals surface area contributed by atoms with Gasteiger partial charge >= 0.3 is 6.09 Å². The van der Waals surface area contributed by atoms with E-state index in [1.54, 1.807) is 6.92 Å². The summed E-state index contributed by atoms with van der Waals surface area (Å²) in [6.07, 6.45) is 11.8. The van der Waals surface area contributed by atoms with Crippen LogP contribution >= 0.6 is 0 Å². The summed E-state index contributed by atoms with van der Waals surface area (Å²) in [5.74, 6) is -0.0378. The Labute approximate surface area is 221 Å². The van der Waals surface area contributed by atoms with Crippen LogP contribution in [0.1, 0.15) is 66.7 Å². The fourth-order valence-corrected chi connectivity index (χ4v) is 4.33. The van der Waals surface area contributed by atoms with E-state index >= 15 is 0 Å². The highest BCUT2D eigenvalue weighted by Crippen LogP contribution is 2.32. The molecule has 0 radical (unpaired) electrons. The number of amides is 2. The van der Waals surface area contributed by atoms with E-state index in [1.165, 1.54) is 12.2 Å². The van der Waals surface area contributed by atoms with Gasteiger partial charge in [0.25, 0.3) is 0 Å². The van der Waals surface area contributed by atoms with E-state index in [-0.39, 0.29) is 42.5 Å². The molecule has 9 heteroatoms. The number of carbonyl (C=O) groups excluding carboxylic acids is 2. The highest BCUT2D eigenvalue weighted by Gasteiger charge is 2.33. The van der Waals surface area contributed by atoms with Gasteiger partial charge in [0, 0.05) is 25.6 Å². The van der Waals surface area contributed by atoms with Crippen molar-refractivity contribution in [2.75, 3.05) is 26.4 Å². The van der Waals surface area contributed by atoms with Gasteiger partial charge in [-0.05, 0) is 59.0 Å². The number of alkyl carbamates (subject to hydrolysis) is 1. The predicted octanol–water partition coefficient (Wildman–Crippen LogP) is 3.77. The lowest BCUT2D eigenvalue weighted by molar-refractivity contribution is -0.187. The standard InChI is InChI=1S/C28H46N2O7/c1-6-7-14-29-27(33)36-21(3)10-12-25(32)30-23-18-34-26(35-19-23)13-9-20(2)8-11-24-15-22(17-31)16-28(4,5)37-24/h8-12,21-24,26,31H,6-7,13-19H2,1-5H3,(H,29,33)(H,30,32)/b11-8+,12-10-,20-9+/t21-,22-,23?,24+,26?/m0/s1. The highest BCUT2D eigenvalue weighted by molar-refractivity contribution is 5.87. The quantitative estimate of drug-likeness (QED) is 0.203. The van der Waals surface area contributed by atoms with Gasteiger partial charge in [-0.25, -0.2) is 4.79 Å². The topological polar surface area (TPSA) is 115 Å². The molecule has 2 rings (SSSR count). The van der Waals surface area contributed by atoms with Gasteiger partial charge in [-0.1, -0.05) is 37.1 Å². The van der Waals surface area contributed by atoms with E-state index in [2.05, 4.69) is 36.6 Å². The van der Waals surface area contributed by atoms with Crippen LogP contribution in [0.2, 0.25) is 0 Å². The molecule has 0 aromatic carbocycles. The number of allylic oxidation sites excluding steroid dienone is 2. The van der Waals surface area contributed by atoms with Gasteiger partial charge in [0.15, 0.2) is 6.29 Å². The van der Waals surface area contributed by atoms with Crippen molar-refractivity contribution in [2.24, 2.45) is 5.92 Å². The third-order valence-electron chi connectivity index (χ3n) is 6.20. The first kappa shape index (κ1) is 31.0. The number of hydrogen-bond acceptors (Lipinski definition) is 7. The maximum Gasteiger partial charge on any atom is 0.407 e. The van der Waals surface area contributed by atoms with Crippen LogP contribution < -0.4 is 10.6 Å². The summed E-state index contributed by atoms with van der Waals surface area (Å²) >= 11 is 0. The predicted molar refractivity (Wildman–Crippen MR) is 142 cm³/mol. The van der Waals surface area contributed by atoms with Gasteiger partial charge in [0.1, 0.15) is 6.10 Å². The van der Waals surface area contributed by atoms with E-state index in [1.807, 2.05) is 19.9 Å². The Balaban J connectivity index is 1.67. The van der Waals surface area contributed by atoms with Crippen LogP contribution in [0.25, 0.3) is 0 Å². The maximum absolute atomic E-state index is 12.2. The van der Waals surface area contributed by atoms with Crippen LogP contribution in [0.5, 0.6) is 0 Å². The van der Waals surface area contributed by atoms with Gasteiger partial charge in [-0.15, -0.1) is 0 Å². The molecule has 3 N–H and O–H groups in total. The summed E-state index contributed by atoms with van der Waals surface area (Å²) in [7, 11) is 0. The van der Waals surface area contributed by atoms with Crippen LogP contribution in [0.3, 0.4) is 0 Å². The first-order valence-corrected chi connectivity index (χ1v) is 13.4. The molecule has 0 aliphatic carbocycles. The molecule has 0 aromatic rings. The minimum Gasteiger partial charge on any atom is -0.442 e. The van der Waals surface area contributed by atoms with E-state index in [0.717, 1.165) is 31.3 Å². The zero-order valence-electron chi connectivity index (χ0n) is 23.0. The molecule has 2 fully saturated rings. The fourth-order valence-electron chi connectivity index (χ4n) is 4.33. The van der Waals surface area contributed by atoms with Gasteiger partial charge in [-0.2, -0.15) is 0 Å². The van der Waals surface area contributed by atoms with Gasteiger partial charge in [0.2, 0.25) is 5.91 Å². The van der Waals surface area contributed by atoms with Crippen molar-refractivity contribution in [1.29, 1.82) is 0 Å². The summed E-state index contributed by atoms with van der Waals surface area (Å²) in [5, 5.41) is 15.1. The molecule has 9 nitrogen and oxygen atoms in total. The summed E-state index contributed by atoms with van der Waals surface area (Å²) in [4.78, 5) is 23.8. The van der Waals surface area contributed by atoms with Crippen LogP contribution in [-0.2, 0) is 23.7 Å². The summed E-state index contributed by atoms with van der Waals surface area (Å²) in [5.41, 5.74) is 0.843. The maximum atomic E-state index is 12.2. The van der Waals surface area contributed by atoms with Crippen molar-refractivity contribution in [3.8, 4) is 0 Å². The normalized spacial score (nSPS) is 27.2. The molecule has 2 amide bonds. The third kappa shape index (κ3) is 12.7. The van der Waals surface area contributed by atoms with Gasteiger partial charge in [-0.3, -0.25) is 4.79 Å². The number of nitrogens with one attached hydrogen (secondary N) is 2. The van der Waals surface area contributed by atoms with Crippen molar-refractivity contribution in [3.63, 3.8) is 0 Å². The summed E-state index contributed by atoms with van der Waals surface area (Å²) in [6, 6.07) is -0.252. The Kier molecular flexibility index (Phi) is 13.3. The largest absolute Gasteiger partial charge is 0.442 e. The van der Waals surface area contributed by atoms with E-state index in [0.29, 0.717) is 26.2 Å².